The second-order valence-corrected chi connectivity index (χ2v) is 5.11. The predicted molar refractivity (Wildman–Crippen MR) is 82.0 cm³/mol. The second-order valence-electron chi connectivity index (χ2n) is 5.11. The van der Waals surface area contributed by atoms with Gasteiger partial charge in [0, 0.05) is 25.0 Å². The maximum Gasteiger partial charge on any atom is 0.293 e. The summed E-state index contributed by atoms with van der Waals surface area (Å²) >= 11 is 0. The summed E-state index contributed by atoms with van der Waals surface area (Å²) < 4.78 is 1.68. The Labute approximate surface area is 119 Å². The van der Waals surface area contributed by atoms with E-state index < -0.39 is 0 Å². The van der Waals surface area contributed by atoms with E-state index in [0.29, 0.717) is 12.4 Å². The summed E-state index contributed by atoms with van der Waals surface area (Å²) in [4.78, 5) is 16.3. The Morgan fingerprint density at radius 1 is 1.20 bits per heavy atom. The van der Waals surface area contributed by atoms with Crippen LogP contribution in [0, 0.1) is 0 Å². The van der Waals surface area contributed by atoms with Crippen LogP contribution in [-0.4, -0.2) is 9.55 Å². The summed E-state index contributed by atoms with van der Waals surface area (Å²) in [6, 6.07) is 8.52. The molecule has 1 heterocycles. The molecule has 2 rings (SSSR count). The van der Waals surface area contributed by atoms with Gasteiger partial charge in [-0.2, -0.15) is 0 Å². The van der Waals surface area contributed by atoms with Crippen molar-refractivity contribution in [3.63, 3.8) is 0 Å². The highest BCUT2D eigenvalue weighted by Crippen LogP contribution is 2.07. The first kappa shape index (κ1) is 14.3. The summed E-state index contributed by atoms with van der Waals surface area (Å²) in [5.74, 6) is 0.403. The van der Waals surface area contributed by atoms with E-state index >= 15 is 0 Å². The number of nitrogens with zero attached hydrogens (tertiary/aromatic N) is 2. The summed E-state index contributed by atoms with van der Waals surface area (Å²) in [7, 11) is 0. The van der Waals surface area contributed by atoms with Crippen molar-refractivity contribution in [1.82, 2.24) is 9.55 Å². The van der Waals surface area contributed by atoms with E-state index in [1.807, 2.05) is 13.8 Å². The van der Waals surface area contributed by atoms with Crippen LogP contribution in [0.15, 0.2) is 41.5 Å². The van der Waals surface area contributed by atoms with Gasteiger partial charge in [0.1, 0.15) is 0 Å². The Morgan fingerprint density at radius 2 is 1.85 bits per heavy atom. The number of aromatic nitrogens is 2. The number of hydrogen-bond acceptors (Lipinski definition) is 3. The molecule has 4 nitrogen and oxygen atoms in total. The van der Waals surface area contributed by atoms with Crippen molar-refractivity contribution >= 4 is 5.82 Å². The first-order chi connectivity index (χ1) is 9.61. The fourth-order valence-electron chi connectivity index (χ4n) is 2.03. The zero-order valence-corrected chi connectivity index (χ0v) is 12.3. The summed E-state index contributed by atoms with van der Waals surface area (Å²) in [5, 5.41) is 3.12. The van der Waals surface area contributed by atoms with E-state index in [4.69, 9.17) is 0 Å². The van der Waals surface area contributed by atoms with Crippen molar-refractivity contribution in [3.05, 3.63) is 58.1 Å². The maximum absolute atomic E-state index is 12.2. The van der Waals surface area contributed by atoms with Gasteiger partial charge < -0.3 is 9.88 Å². The molecule has 20 heavy (non-hydrogen) atoms. The van der Waals surface area contributed by atoms with Crippen molar-refractivity contribution in [2.45, 2.75) is 39.8 Å². The highest BCUT2D eigenvalue weighted by molar-refractivity contribution is 5.33. The Hall–Kier alpha value is -2.10. The summed E-state index contributed by atoms with van der Waals surface area (Å²) in [6.45, 7) is 6.70. The maximum atomic E-state index is 12.2. The largest absolute Gasteiger partial charge is 0.361 e. The number of aryl methyl sites for hydroxylation is 1. The van der Waals surface area contributed by atoms with Crippen LogP contribution in [0.5, 0.6) is 0 Å². The minimum Gasteiger partial charge on any atom is -0.361 e. The Morgan fingerprint density at radius 3 is 2.45 bits per heavy atom. The molecule has 0 aliphatic carbocycles. The van der Waals surface area contributed by atoms with Crippen LogP contribution in [0.1, 0.15) is 37.9 Å². The minimum atomic E-state index is -0.0762. The normalized spacial score (nSPS) is 10.8. The molecule has 0 amide bonds. The summed E-state index contributed by atoms with van der Waals surface area (Å²) in [5.41, 5.74) is 2.38. The summed E-state index contributed by atoms with van der Waals surface area (Å²) in [6.07, 6.45) is 4.41. The van der Waals surface area contributed by atoms with Gasteiger partial charge in [-0.15, -0.1) is 0 Å². The molecule has 0 saturated carbocycles. The van der Waals surface area contributed by atoms with Crippen LogP contribution in [0.3, 0.4) is 0 Å². The molecule has 4 heteroatoms. The third-order valence-electron chi connectivity index (χ3n) is 3.32. The van der Waals surface area contributed by atoms with Crippen molar-refractivity contribution in [1.29, 1.82) is 0 Å². The fraction of sp³-hybridized carbons (Fsp3) is 0.375. The molecule has 0 fully saturated rings. The van der Waals surface area contributed by atoms with Gasteiger partial charge >= 0.3 is 0 Å². The van der Waals surface area contributed by atoms with E-state index in [1.54, 1.807) is 17.0 Å². The van der Waals surface area contributed by atoms with Crippen LogP contribution < -0.4 is 10.9 Å². The van der Waals surface area contributed by atoms with Crippen LogP contribution >= 0.6 is 0 Å². The first-order valence-corrected chi connectivity index (χ1v) is 7.00. The molecule has 0 radical (unpaired) electrons. The van der Waals surface area contributed by atoms with Crippen molar-refractivity contribution < 1.29 is 0 Å². The lowest BCUT2D eigenvalue weighted by Crippen LogP contribution is -2.25. The number of anilines is 1. The third kappa shape index (κ3) is 3.26. The van der Waals surface area contributed by atoms with E-state index in [2.05, 4.69) is 41.5 Å². The van der Waals surface area contributed by atoms with E-state index in [0.717, 1.165) is 12.0 Å². The monoisotopic (exact) mass is 271 g/mol. The number of nitrogens with one attached hydrogen (secondary N) is 1. The smallest absolute Gasteiger partial charge is 0.293 e. The van der Waals surface area contributed by atoms with Gasteiger partial charge in [0.2, 0.25) is 0 Å². The average Bonchev–Trinajstić information content (AvgIpc) is 2.46. The lowest BCUT2D eigenvalue weighted by atomic mass is 10.1. The van der Waals surface area contributed by atoms with Crippen LogP contribution in [0.25, 0.3) is 0 Å². The number of hydrogen-bond donors (Lipinski definition) is 1. The minimum absolute atomic E-state index is 0.0762. The molecule has 0 spiro atoms. The predicted octanol–water partition coefficient (Wildman–Crippen LogP) is 3.00. The molecule has 0 aliphatic rings. The SMILES string of the molecule is CCc1ccc(CNc2nccn(C(C)C)c2=O)cc1. The molecular formula is C16H21N3O. The zero-order valence-electron chi connectivity index (χ0n) is 12.3. The molecule has 106 valence electrons. The van der Waals surface area contributed by atoms with Crippen molar-refractivity contribution in [3.8, 4) is 0 Å². The molecule has 0 unspecified atom stereocenters. The van der Waals surface area contributed by atoms with Gasteiger partial charge in [-0.05, 0) is 31.4 Å². The molecule has 1 aromatic heterocycles. The molecular weight excluding hydrogens is 250 g/mol. The van der Waals surface area contributed by atoms with Gasteiger partial charge in [-0.3, -0.25) is 4.79 Å². The van der Waals surface area contributed by atoms with Gasteiger partial charge in [0.05, 0.1) is 0 Å². The van der Waals surface area contributed by atoms with Gasteiger partial charge in [-0.25, -0.2) is 4.98 Å². The highest BCUT2D eigenvalue weighted by atomic mass is 16.1. The van der Waals surface area contributed by atoms with Gasteiger partial charge in [0.15, 0.2) is 5.82 Å². The topological polar surface area (TPSA) is 46.9 Å². The quantitative estimate of drug-likeness (QED) is 0.909. The van der Waals surface area contributed by atoms with Crippen molar-refractivity contribution in [2.24, 2.45) is 0 Å². The van der Waals surface area contributed by atoms with E-state index in [9.17, 15) is 4.79 Å². The van der Waals surface area contributed by atoms with Gasteiger partial charge in [0.25, 0.3) is 5.56 Å². The van der Waals surface area contributed by atoms with Crippen molar-refractivity contribution in [2.75, 3.05) is 5.32 Å². The Bertz CT molecular complexity index is 614. The molecule has 0 aliphatic heterocycles. The van der Waals surface area contributed by atoms with E-state index in [-0.39, 0.29) is 11.6 Å². The average molecular weight is 271 g/mol. The van der Waals surface area contributed by atoms with Crippen LogP contribution in [0.4, 0.5) is 5.82 Å². The molecule has 1 N–H and O–H groups in total. The lowest BCUT2D eigenvalue weighted by Gasteiger charge is -2.11. The first-order valence-electron chi connectivity index (χ1n) is 7.00. The van der Waals surface area contributed by atoms with Crippen LogP contribution in [0.2, 0.25) is 0 Å². The molecule has 0 saturated heterocycles. The molecule has 0 atom stereocenters. The number of benzene rings is 1. The molecule has 2 aromatic rings. The molecule has 1 aromatic carbocycles. The Balaban J connectivity index is 2.10. The Kier molecular flexibility index (Phi) is 4.56. The van der Waals surface area contributed by atoms with E-state index in [1.165, 1.54) is 5.56 Å². The molecule has 0 bridgehead atoms. The lowest BCUT2D eigenvalue weighted by molar-refractivity contribution is 0.575. The number of rotatable bonds is 5. The van der Waals surface area contributed by atoms with Crippen LogP contribution in [-0.2, 0) is 13.0 Å². The third-order valence-corrected chi connectivity index (χ3v) is 3.32. The fourth-order valence-corrected chi connectivity index (χ4v) is 2.03. The second kappa shape index (κ2) is 6.37. The zero-order chi connectivity index (χ0) is 14.5. The standard InChI is InChI=1S/C16H21N3O/c1-4-13-5-7-14(8-6-13)11-18-15-16(20)19(12(2)3)10-9-17-15/h5-10,12H,4,11H2,1-3H3,(H,17,18). The van der Waals surface area contributed by atoms with Gasteiger partial charge in [-0.1, -0.05) is 31.2 Å². The highest BCUT2D eigenvalue weighted by Gasteiger charge is 2.06.